The van der Waals surface area contributed by atoms with Crippen LogP contribution in [0, 0.1) is 19.8 Å². The van der Waals surface area contributed by atoms with Crippen LogP contribution in [0.5, 0.6) is 0 Å². The molecule has 17 heavy (non-hydrogen) atoms. The monoisotopic (exact) mass is 252 g/mol. The molecule has 0 atom stereocenters. The average Bonchev–Trinajstić information content (AvgIpc) is 2.53. The Kier molecular flexibility index (Phi) is 3.99. The molecular formula is C12H20N4S. The summed E-state index contributed by atoms with van der Waals surface area (Å²) in [5.41, 5.74) is 6.91. The average molecular weight is 252 g/mol. The largest absolute Gasteiger partial charge is 0.370 e. The summed E-state index contributed by atoms with van der Waals surface area (Å²) in [4.78, 5) is 10.0. The van der Waals surface area contributed by atoms with Crippen LogP contribution in [0.4, 0.5) is 0 Å². The predicted octanol–water partition coefficient (Wildman–Crippen LogP) is 1.96. The number of nitrogens with two attached hydrogens (primary N) is 1. The number of aryl methyl sites for hydroxylation is 2. The fraction of sp³-hybridized carbons (Fsp3) is 0.667. The fourth-order valence-electron chi connectivity index (χ4n) is 1.76. The Morgan fingerprint density at radius 3 is 2.82 bits per heavy atom. The molecule has 0 aliphatic heterocycles. The molecule has 4 nitrogen and oxygen atoms in total. The van der Waals surface area contributed by atoms with Gasteiger partial charge in [0.15, 0.2) is 5.96 Å². The first-order chi connectivity index (χ1) is 8.15. The summed E-state index contributed by atoms with van der Waals surface area (Å²) in [7, 11) is 0. The highest BCUT2D eigenvalue weighted by Gasteiger charge is 2.16. The second kappa shape index (κ2) is 5.49. The van der Waals surface area contributed by atoms with E-state index in [1.165, 1.54) is 24.1 Å². The van der Waals surface area contributed by atoms with Crippen molar-refractivity contribution >= 4 is 17.3 Å². The van der Waals surface area contributed by atoms with Gasteiger partial charge in [0, 0.05) is 11.4 Å². The molecule has 0 spiro atoms. The molecule has 1 aliphatic carbocycles. The Bertz CT molecular complexity index is 387. The van der Waals surface area contributed by atoms with Crippen LogP contribution < -0.4 is 11.1 Å². The predicted molar refractivity (Wildman–Crippen MR) is 72.3 cm³/mol. The van der Waals surface area contributed by atoms with E-state index in [2.05, 4.69) is 22.2 Å². The minimum atomic E-state index is 0.544. The van der Waals surface area contributed by atoms with Crippen molar-refractivity contribution < 1.29 is 0 Å². The Morgan fingerprint density at radius 2 is 2.29 bits per heavy atom. The van der Waals surface area contributed by atoms with Gasteiger partial charge < -0.3 is 11.1 Å². The van der Waals surface area contributed by atoms with E-state index in [-0.39, 0.29) is 0 Å². The molecule has 0 unspecified atom stereocenters. The van der Waals surface area contributed by atoms with Gasteiger partial charge in [-0.2, -0.15) is 0 Å². The lowest BCUT2D eigenvalue weighted by atomic mass is 9.85. The SMILES string of the molecule is Cc1nc(CN=C(N)NCC2CCC2)sc1C. The molecule has 1 heterocycles. The highest BCUT2D eigenvalue weighted by atomic mass is 32.1. The number of hydrogen-bond acceptors (Lipinski definition) is 3. The van der Waals surface area contributed by atoms with Crippen LogP contribution in [0.2, 0.25) is 0 Å². The van der Waals surface area contributed by atoms with Gasteiger partial charge in [0.2, 0.25) is 0 Å². The summed E-state index contributed by atoms with van der Waals surface area (Å²) in [5.74, 6) is 1.34. The number of nitrogens with zero attached hydrogens (tertiary/aromatic N) is 2. The third kappa shape index (κ3) is 3.43. The maximum Gasteiger partial charge on any atom is 0.189 e. The zero-order valence-corrected chi connectivity index (χ0v) is 11.3. The van der Waals surface area contributed by atoms with Gasteiger partial charge in [0.05, 0.1) is 12.2 Å². The molecule has 0 bridgehead atoms. The minimum absolute atomic E-state index is 0.544. The van der Waals surface area contributed by atoms with Gasteiger partial charge in [-0.1, -0.05) is 6.42 Å². The van der Waals surface area contributed by atoms with Crippen molar-refractivity contribution in [2.24, 2.45) is 16.6 Å². The van der Waals surface area contributed by atoms with Crippen molar-refractivity contribution in [2.45, 2.75) is 39.7 Å². The molecule has 2 rings (SSSR count). The van der Waals surface area contributed by atoms with Crippen molar-refractivity contribution in [3.05, 3.63) is 15.6 Å². The summed E-state index contributed by atoms with van der Waals surface area (Å²) >= 11 is 1.69. The van der Waals surface area contributed by atoms with E-state index < -0.39 is 0 Å². The van der Waals surface area contributed by atoms with Crippen molar-refractivity contribution in [1.29, 1.82) is 0 Å². The summed E-state index contributed by atoms with van der Waals surface area (Å²) < 4.78 is 0. The van der Waals surface area contributed by atoms with Gasteiger partial charge in [-0.15, -0.1) is 11.3 Å². The molecule has 3 N–H and O–H groups in total. The number of hydrogen-bond donors (Lipinski definition) is 2. The highest BCUT2D eigenvalue weighted by molar-refractivity contribution is 7.11. The molecule has 1 aromatic heterocycles. The topological polar surface area (TPSA) is 63.3 Å². The summed E-state index contributed by atoms with van der Waals surface area (Å²) in [6.07, 6.45) is 4.01. The van der Waals surface area contributed by atoms with Crippen molar-refractivity contribution in [1.82, 2.24) is 10.3 Å². The van der Waals surface area contributed by atoms with Crippen LogP contribution in [-0.4, -0.2) is 17.5 Å². The zero-order valence-electron chi connectivity index (χ0n) is 10.5. The van der Waals surface area contributed by atoms with Gasteiger partial charge in [-0.25, -0.2) is 9.98 Å². The molecule has 1 aromatic rings. The second-order valence-corrected chi connectivity index (χ2v) is 5.92. The zero-order chi connectivity index (χ0) is 12.3. The standard InChI is InChI=1S/C12H20N4S/c1-8-9(2)17-11(16-8)7-15-12(13)14-6-10-4-3-5-10/h10H,3-7H2,1-2H3,(H3,13,14,15). The first kappa shape index (κ1) is 12.4. The van der Waals surface area contributed by atoms with Gasteiger partial charge in [-0.05, 0) is 32.6 Å². The Morgan fingerprint density at radius 1 is 1.53 bits per heavy atom. The number of nitrogens with one attached hydrogen (secondary N) is 1. The molecule has 1 fully saturated rings. The Balaban J connectivity index is 1.78. The Labute approximate surface area is 106 Å². The first-order valence-corrected chi connectivity index (χ1v) is 6.93. The normalized spacial score (nSPS) is 16.9. The second-order valence-electron chi connectivity index (χ2n) is 4.63. The molecule has 0 radical (unpaired) electrons. The lowest BCUT2D eigenvalue weighted by Crippen LogP contribution is -2.37. The van der Waals surface area contributed by atoms with Crippen LogP contribution in [0.25, 0.3) is 0 Å². The van der Waals surface area contributed by atoms with Gasteiger partial charge in [0.25, 0.3) is 0 Å². The van der Waals surface area contributed by atoms with Crippen LogP contribution in [0.1, 0.15) is 34.8 Å². The van der Waals surface area contributed by atoms with Gasteiger partial charge >= 0.3 is 0 Å². The summed E-state index contributed by atoms with van der Waals surface area (Å²) in [6, 6.07) is 0. The fourth-order valence-corrected chi connectivity index (χ4v) is 2.62. The maximum absolute atomic E-state index is 5.81. The minimum Gasteiger partial charge on any atom is -0.370 e. The number of rotatable bonds is 4. The van der Waals surface area contributed by atoms with E-state index in [1.807, 2.05) is 6.92 Å². The van der Waals surface area contributed by atoms with E-state index >= 15 is 0 Å². The van der Waals surface area contributed by atoms with Crippen molar-refractivity contribution in [2.75, 3.05) is 6.54 Å². The van der Waals surface area contributed by atoms with E-state index in [9.17, 15) is 0 Å². The lowest BCUT2D eigenvalue weighted by Gasteiger charge is -2.25. The van der Waals surface area contributed by atoms with E-state index in [1.54, 1.807) is 11.3 Å². The Hall–Kier alpha value is -1.10. The summed E-state index contributed by atoms with van der Waals surface area (Å²) in [6.45, 7) is 5.66. The van der Waals surface area contributed by atoms with E-state index in [0.717, 1.165) is 23.2 Å². The number of guanidine groups is 1. The third-order valence-corrected chi connectivity index (χ3v) is 4.31. The number of aliphatic imine (C=N–C) groups is 1. The van der Waals surface area contributed by atoms with Gasteiger partial charge in [-0.3, -0.25) is 0 Å². The van der Waals surface area contributed by atoms with Gasteiger partial charge in [0.1, 0.15) is 5.01 Å². The molecule has 0 amide bonds. The lowest BCUT2D eigenvalue weighted by molar-refractivity contribution is 0.315. The van der Waals surface area contributed by atoms with E-state index in [0.29, 0.717) is 12.5 Å². The molecular weight excluding hydrogens is 232 g/mol. The smallest absolute Gasteiger partial charge is 0.189 e. The van der Waals surface area contributed by atoms with E-state index in [4.69, 9.17) is 5.73 Å². The number of aromatic nitrogens is 1. The van der Waals surface area contributed by atoms with Crippen molar-refractivity contribution in [3.8, 4) is 0 Å². The van der Waals surface area contributed by atoms with Crippen LogP contribution >= 0.6 is 11.3 Å². The molecule has 1 saturated carbocycles. The summed E-state index contributed by atoms with van der Waals surface area (Å²) in [5, 5.41) is 4.22. The molecule has 0 aromatic carbocycles. The molecule has 5 heteroatoms. The molecule has 1 aliphatic rings. The quantitative estimate of drug-likeness (QED) is 0.636. The molecule has 0 saturated heterocycles. The third-order valence-electron chi connectivity index (χ3n) is 3.25. The van der Waals surface area contributed by atoms with Crippen molar-refractivity contribution in [3.63, 3.8) is 0 Å². The number of thiazole rings is 1. The van der Waals surface area contributed by atoms with Crippen LogP contribution in [-0.2, 0) is 6.54 Å². The maximum atomic E-state index is 5.81. The first-order valence-electron chi connectivity index (χ1n) is 6.12. The van der Waals surface area contributed by atoms with Crippen LogP contribution in [0.15, 0.2) is 4.99 Å². The van der Waals surface area contributed by atoms with Crippen LogP contribution in [0.3, 0.4) is 0 Å². The highest BCUT2D eigenvalue weighted by Crippen LogP contribution is 2.25. The molecule has 94 valence electrons.